The van der Waals surface area contributed by atoms with Gasteiger partial charge in [0.1, 0.15) is 0 Å². The fraction of sp³-hybridized carbons (Fsp3) is 0.364. The maximum Gasteiger partial charge on any atom is 0.330 e. The molecule has 0 saturated heterocycles. The Hall–Kier alpha value is -2.11. The molecule has 0 amide bonds. The smallest absolute Gasteiger partial charge is 0.330 e. The number of carbonyl (C=O) groups is 1. The standard InChI is InChI=1S/C11H14N2O4/c1-7-8(5-6-9(14)15-2)10(16-3)13-11(12-7)17-4/h5-6H,1-4H3. The molecule has 0 unspecified atom stereocenters. The van der Waals surface area contributed by atoms with Crippen LogP contribution in [0, 0.1) is 6.92 Å². The molecule has 0 saturated carbocycles. The highest BCUT2D eigenvalue weighted by molar-refractivity contribution is 5.87. The number of methoxy groups -OCH3 is 3. The second-order valence-electron chi connectivity index (χ2n) is 3.08. The largest absolute Gasteiger partial charge is 0.480 e. The summed E-state index contributed by atoms with van der Waals surface area (Å²) in [5.74, 6) is -0.114. The Morgan fingerprint density at radius 1 is 1.18 bits per heavy atom. The van der Waals surface area contributed by atoms with Crippen molar-refractivity contribution in [2.75, 3.05) is 21.3 Å². The molecule has 0 aliphatic carbocycles. The van der Waals surface area contributed by atoms with E-state index in [2.05, 4.69) is 14.7 Å². The van der Waals surface area contributed by atoms with Crippen molar-refractivity contribution in [3.8, 4) is 11.9 Å². The van der Waals surface area contributed by atoms with Crippen molar-refractivity contribution in [1.29, 1.82) is 0 Å². The van der Waals surface area contributed by atoms with Crippen molar-refractivity contribution < 1.29 is 19.0 Å². The highest BCUT2D eigenvalue weighted by Gasteiger charge is 2.10. The highest BCUT2D eigenvalue weighted by atomic mass is 16.5. The van der Waals surface area contributed by atoms with E-state index in [0.29, 0.717) is 17.1 Å². The summed E-state index contributed by atoms with van der Waals surface area (Å²) in [6.07, 6.45) is 2.82. The monoisotopic (exact) mass is 238 g/mol. The zero-order chi connectivity index (χ0) is 12.8. The molecule has 0 spiro atoms. The maximum atomic E-state index is 11.0. The molecule has 92 valence electrons. The van der Waals surface area contributed by atoms with Gasteiger partial charge in [-0.25, -0.2) is 4.79 Å². The summed E-state index contributed by atoms with van der Waals surface area (Å²) in [6.45, 7) is 1.77. The van der Waals surface area contributed by atoms with E-state index < -0.39 is 5.97 Å². The number of aromatic nitrogens is 2. The molecule has 1 heterocycles. The SMILES string of the molecule is COC(=O)C=Cc1c(C)nc(OC)nc1OC. The minimum Gasteiger partial charge on any atom is -0.480 e. The summed E-state index contributed by atoms with van der Waals surface area (Å²) in [5.41, 5.74) is 1.26. The topological polar surface area (TPSA) is 70.5 Å². The number of rotatable bonds is 4. The van der Waals surface area contributed by atoms with Gasteiger partial charge in [0, 0.05) is 6.08 Å². The van der Waals surface area contributed by atoms with Gasteiger partial charge in [-0.3, -0.25) is 0 Å². The van der Waals surface area contributed by atoms with Crippen LogP contribution < -0.4 is 9.47 Å². The van der Waals surface area contributed by atoms with Crippen molar-refractivity contribution >= 4 is 12.0 Å². The van der Waals surface area contributed by atoms with E-state index in [4.69, 9.17) is 9.47 Å². The zero-order valence-corrected chi connectivity index (χ0v) is 10.2. The van der Waals surface area contributed by atoms with Crippen LogP contribution >= 0.6 is 0 Å². The summed E-state index contributed by atoms with van der Waals surface area (Å²) in [4.78, 5) is 19.1. The van der Waals surface area contributed by atoms with Crippen LogP contribution in [0.25, 0.3) is 6.08 Å². The fourth-order valence-electron chi connectivity index (χ4n) is 1.19. The molecule has 1 aromatic heterocycles. The molecule has 0 aromatic carbocycles. The second kappa shape index (κ2) is 5.83. The van der Waals surface area contributed by atoms with Crippen LogP contribution in [-0.4, -0.2) is 37.3 Å². The molecular formula is C11H14N2O4. The number of aryl methyl sites for hydroxylation is 1. The van der Waals surface area contributed by atoms with E-state index in [-0.39, 0.29) is 6.01 Å². The summed E-state index contributed by atoms with van der Waals surface area (Å²) in [5, 5.41) is 0. The van der Waals surface area contributed by atoms with Gasteiger partial charge in [-0.1, -0.05) is 0 Å². The normalized spacial score (nSPS) is 10.4. The van der Waals surface area contributed by atoms with Gasteiger partial charge in [-0.15, -0.1) is 0 Å². The molecule has 0 aliphatic rings. The quantitative estimate of drug-likeness (QED) is 0.575. The fourth-order valence-corrected chi connectivity index (χ4v) is 1.19. The lowest BCUT2D eigenvalue weighted by Gasteiger charge is -2.08. The van der Waals surface area contributed by atoms with Gasteiger partial charge in [0.15, 0.2) is 0 Å². The summed E-state index contributed by atoms with van der Waals surface area (Å²) in [7, 11) is 4.26. The molecule has 6 heteroatoms. The first-order valence-corrected chi connectivity index (χ1v) is 4.85. The van der Waals surface area contributed by atoms with Gasteiger partial charge >= 0.3 is 12.0 Å². The molecule has 0 atom stereocenters. The molecular weight excluding hydrogens is 224 g/mol. The van der Waals surface area contributed by atoms with Crippen LogP contribution in [0.15, 0.2) is 6.08 Å². The van der Waals surface area contributed by atoms with Gasteiger partial charge in [-0.05, 0) is 13.0 Å². The van der Waals surface area contributed by atoms with E-state index in [0.717, 1.165) is 0 Å². The average Bonchev–Trinajstić information content (AvgIpc) is 2.35. The Kier molecular flexibility index (Phi) is 4.45. The zero-order valence-electron chi connectivity index (χ0n) is 10.2. The van der Waals surface area contributed by atoms with Crippen molar-refractivity contribution in [2.45, 2.75) is 6.92 Å². The van der Waals surface area contributed by atoms with Gasteiger partial charge in [0.2, 0.25) is 5.88 Å². The third-order valence-electron chi connectivity index (χ3n) is 2.04. The number of hydrogen-bond donors (Lipinski definition) is 0. The van der Waals surface area contributed by atoms with Crippen molar-refractivity contribution in [1.82, 2.24) is 9.97 Å². The van der Waals surface area contributed by atoms with E-state index >= 15 is 0 Å². The first-order chi connectivity index (χ1) is 8.12. The van der Waals surface area contributed by atoms with Gasteiger partial charge in [0.25, 0.3) is 0 Å². The lowest BCUT2D eigenvalue weighted by atomic mass is 10.2. The first kappa shape index (κ1) is 13.0. The number of hydrogen-bond acceptors (Lipinski definition) is 6. The Labute approximate surface area is 99.2 Å². The van der Waals surface area contributed by atoms with Crippen LogP contribution in [0.4, 0.5) is 0 Å². The van der Waals surface area contributed by atoms with Crippen LogP contribution in [0.1, 0.15) is 11.3 Å². The number of carbonyl (C=O) groups excluding carboxylic acids is 1. The second-order valence-corrected chi connectivity index (χ2v) is 3.08. The number of esters is 1. The maximum absolute atomic E-state index is 11.0. The van der Waals surface area contributed by atoms with Crippen LogP contribution in [0.5, 0.6) is 11.9 Å². The molecule has 1 rings (SSSR count). The van der Waals surface area contributed by atoms with E-state index in [1.807, 2.05) is 0 Å². The summed E-state index contributed by atoms with van der Waals surface area (Å²) < 4.78 is 14.5. The first-order valence-electron chi connectivity index (χ1n) is 4.85. The van der Waals surface area contributed by atoms with E-state index in [9.17, 15) is 4.79 Å². The van der Waals surface area contributed by atoms with Gasteiger partial charge in [0.05, 0.1) is 32.6 Å². The number of ether oxygens (including phenoxy) is 3. The van der Waals surface area contributed by atoms with Crippen LogP contribution in [-0.2, 0) is 9.53 Å². The predicted molar refractivity (Wildman–Crippen MR) is 60.9 cm³/mol. The van der Waals surface area contributed by atoms with Gasteiger partial charge in [-0.2, -0.15) is 9.97 Å². The Balaban J connectivity index is 3.14. The Bertz CT molecular complexity index is 443. The molecule has 1 aromatic rings. The number of nitrogens with zero attached hydrogens (tertiary/aromatic N) is 2. The average molecular weight is 238 g/mol. The third kappa shape index (κ3) is 3.17. The molecule has 6 nitrogen and oxygen atoms in total. The molecule has 0 aliphatic heterocycles. The molecule has 0 N–H and O–H groups in total. The van der Waals surface area contributed by atoms with E-state index in [1.54, 1.807) is 13.0 Å². The van der Waals surface area contributed by atoms with Crippen LogP contribution in [0.2, 0.25) is 0 Å². The van der Waals surface area contributed by atoms with Crippen molar-refractivity contribution in [2.24, 2.45) is 0 Å². The van der Waals surface area contributed by atoms with E-state index in [1.165, 1.54) is 27.4 Å². The third-order valence-corrected chi connectivity index (χ3v) is 2.04. The van der Waals surface area contributed by atoms with Crippen molar-refractivity contribution in [3.05, 3.63) is 17.3 Å². The molecule has 0 fully saturated rings. The molecule has 0 radical (unpaired) electrons. The molecule has 17 heavy (non-hydrogen) atoms. The molecule has 0 bridgehead atoms. The summed E-state index contributed by atoms with van der Waals surface area (Å²) >= 11 is 0. The van der Waals surface area contributed by atoms with Gasteiger partial charge < -0.3 is 14.2 Å². The lowest BCUT2D eigenvalue weighted by Crippen LogP contribution is -2.01. The van der Waals surface area contributed by atoms with Crippen molar-refractivity contribution in [3.63, 3.8) is 0 Å². The minimum atomic E-state index is -0.456. The highest BCUT2D eigenvalue weighted by Crippen LogP contribution is 2.22. The lowest BCUT2D eigenvalue weighted by molar-refractivity contribution is -0.134. The van der Waals surface area contributed by atoms with Crippen LogP contribution in [0.3, 0.4) is 0 Å². The predicted octanol–water partition coefficient (Wildman–Crippen LogP) is 0.988. The Morgan fingerprint density at radius 2 is 1.88 bits per heavy atom. The Morgan fingerprint density at radius 3 is 2.41 bits per heavy atom. The summed E-state index contributed by atoms with van der Waals surface area (Å²) in [6, 6.07) is 0.217. The minimum absolute atomic E-state index is 0.217.